The van der Waals surface area contributed by atoms with Crippen molar-refractivity contribution in [1.29, 1.82) is 0 Å². The Morgan fingerprint density at radius 3 is 2.54 bits per heavy atom. The molecule has 0 unspecified atom stereocenters. The molecule has 48 heavy (non-hydrogen) atoms. The molecular formula is C39H50N4O5. The van der Waals surface area contributed by atoms with Gasteiger partial charge in [0.05, 0.1) is 25.0 Å². The smallest absolute Gasteiger partial charge is 0.246 e. The molecule has 9 heteroatoms. The van der Waals surface area contributed by atoms with Crippen LogP contribution in [0.5, 0.6) is 5.75 Å². The standard InChI is InChI=1S/C39H50N4O5/c1-26-10-6-7-15-31(26)41-37(45)35-39-19-16-32(48-39)33(36(44)40-29-13-8-14-30(25-29)47-2)34(39)38(46)43(35)21-9-20-42-22-17-28(18-23-42)24-27-11-4-3-5-12-27/h3-5,8,11-14,16,19,25-26,28,31-35H,6-7,9-10,15,17-18,20-24H2,1-2H3,(H,40,44)(H,41,45)/t26-,31-,32+,33-,34+,35+,39+/m0/s1. The lowest BCUT2D eigenvalue weighted by Gasteiger charge is -2.36. The molecule has 7 rings (SSSR count). The van der Waals surface area contributed by atoms with Crippen molar-refractivity contribution in [2.45, 2.75) is 82.1 Å². The fourth-order valence-corrected chi connectivity index (χ4v) is 9.05. The molecule has 4 fully saturated rings. The second-order valence-electron chi connectivity index (χ2n) is 14.7. The first-order valence-electron chi connectivity index (χ1n) is 18.1. The van der Waals surface area contributed by atoms with Gasteiger partial charge in [0.25, 0.3) is 0 Å². The summed E-state index contributed by atoms with van der Waals surface area (Å²) in [6.45, 7) is 5.60. The number of anilines is 1. The van der Waals surface area contributed by atoms with Crippen molar-refractivity contribution in [2.75, 3.05) is 38.6 Å². The SMILES string of the molecule is COc1cccc(NC(=O)[C@H]2[C@H]3C=C[C@@]4(O3)[C@H]2C(=O)N(CCCN2CCC(Cc3ccccc3)CC2)[C@@H]4C(=O)N[C@H]2CCCC[C@@H]2C)c1. The van der Waals surface area contributed by atoms with Crippen LogP contribution in [0.1, 0.15) is 57.4 Å². The molecular weight excluding hydrogens is 604 g/mol. The Kier molecular flexibility index (Phi) is 9.61. The van der Waals surface area contributed by atoms with E-state index in [2.05, 4.69) is 52.8 Å². The quantitative estimate of drug-likeness (QED) is 0.337. The van der Waals surface area contributed by atoms with Gasteiger partial charge in [0, 0.05) is 24.3 Å². The number of ether oxygens (including phenoxy) is 2. The summed E-state index contributed by atoms with van der Waals surface area (Å²) in [5.74, 6) is -0.390. The van der Waals surface area contributed by atoms with Gasteiger partial charge in [-0.25, -0.2) is 0 Å². The summed E-state index contributed by atoms with van der Waals surface area (Å²) in [4.78, 5) is 46.8. The molecule has 1 aliphatic carbocycles. The predicted molar refractivity (Wildman–Crippen MR) is 184 cm³/mol. The average Bonchev–Trinajstić information content (AvgIpc) is 3.74. The lowest BCUT2D eigenvalue weighted by molar-refractivity contribution is -0.141. The Morgan fingerprint density at radius 1 is 0.979 bits per heavy atom. The highest BCUT2D eigenvalue weighted by atomic mass is 16.5. The summed E-state index contributed by atoms with van der Waals surface area (Å²) in [6, 6.07) is 17.2. The van der Waals surface area contributed by atoms with Gasteiger partial charge in [0.1, 0.15) is 17.4 Å². The van der Waals surface area contributed by atoms with Crippen LogP contribution in [0.3, 0.4) is 0 Å². The molecule has 1 spiro atoms. The number of nitrogens with zero attached hydrogens (tertiary/aromatic N) is 2. The average molecular weight is 655 g/mol. The minimum Gasteiger partial charge on any atom is -0.497 e. The number of nitrogens with one attached hydrogen (secondary N) is 2. The van der Waals surface area contributed by atoms with Crippen molar-refractivity contribution in [3.63, 3.8) is 0 Å². The highest BCUT2D eigenvalue weighted by Crippen LogP contribution is 2.55. The number of likely N-dealkylation sites (tertiary alicyclic amines) is 2. The number of amides is 3. The van der Waals surface area contributed by atoms with Crippen molar-refractivity contribution in [2.24, 2.45) is 23.7 Å². The van der Waals surface area contributed by atoms with Gasteiger partial charge in [-0.15, -0.1) is 0 Å². The number of methoxy groups -OCH3 is 1. The fourth-order valence-electron chi connectivity index (χ4n) is 9.05. The molecule has 4 heterocycles. The molecule has 2 N–H and O–H groups in total. The van der Waals surface area contributed by atoms with Gasteiger partial charge in [-0.3, -0.25) is 14.4 Å². The van der Waals surface area contributed by atoms with Crippen LogP contribution < -0.4 is 15.4 Å². The topological polar surface area (TPSA) is 100 Å². The van der Waals surface area contributed by atoms with Gasteiger partial charge >= 0.3 is 0 Å². The van der Waals surface area contributed by atoms with Gasteiger partial charge in [0.2, 0.25) is 17.7 Å². The van der Waals surface area contributed by atoms with Crippen molar-refractivity contribution in [1.82, 2.24) is 15.1 Å². The zero-order chi connectivity index (χ0) is 33.3. The molecule has 256 valence electrons. The summed E-state index contributed by atoms with van der Waals surface area (Å²) in [5.41, 5.74) is 0.840. The number of rotatable bonds is 11. The Bertz CT molecular complexity index is 1510. The van der Waals surface area contributed by atoms with Gasteiger partial charge in [0.15, 0.2) is 0 Å². The largest absolute Gasteiger partial charge is 0.497 e. The van der Waals surface area contributed by atoms with Gasteiger partial charge in [-0.2, -0.15) is 0 Å². The second kappa shape index (κ2) is 14.0. The summed E-state index contributed by atoms with van der Waals surface area (Å²) in [7, 11) is 1.58. The number of piperidine rings is 1. The van der Waals surface area contributed by atoms with Gasteiger partial charge in [-0.05, 0) is 87.7 Å². The maximum absolute atomic E-state index is 14.4. The molecule has 1 saturated carbocycles. The van der Waals surface area contributed by atoms with E-state index in [1.165, 1.54) is 12.0 Å². The van der Waals surface area contributed by atoms with E-state index < -0.39 is 29.6 Å². The Hall–Kier alpha value is -3.69. The highest BCUT2D eigenvalue weighted by Gasteiger charge is 2.72. The fraction of sp³-hybridized carbons (Fsp3) is 0.564. The van der Waals surface area contributed by atoms with Crippen LogP contribution >= 0.6 is 0 Å². The third-order valence-corrected chi connectivity index (χ3v) is 11.6. The molecule has 9 nitrogen and oxygen atoms in total. The molecule has 2 bridgehead atoms. The number of hydrogen-bond acceptors (Lipinski definition) is 6. The lowest BCUT2D eigenvalue weighted by atomic mass is 9.74. The zero-order valence-corrected chi connectivity index (χ0v) is 28.3. The van der Waals surface area contributed by atoms with Gasteiger partial charge < -0.3 is 29.9 Å². The van der Waals surface area contributed by atoms with Crippen LogP contribution in [-0.4, -0.2) is 84.6 Å². The van der Waals surface area contributed by atoms with Crippen LogP contribution in [0.4, 0.5) is 5.69 Å². The summed E-state index contributed by atoms with van der Waals surface area (Å²) < 4.78 is 11.9. The normalized spacial score (nSPS) is 31.5. The number of carbonyl (C=O) groups is 3. The van der Waals surface area contributed by atoms with Crippen LogP contribution in [0.15, 0.2) is 66.7 Å². The van der Waals surface area contributed by atoms with Crippen molar-refractivity contribution < 1.29 is 23.9 Å². The highest BCUT2D eigenvalue weighted by molar-refractivity contribution is 6.02. The minimum absolute atomic E-state index is 0.0746. The molecule has 0 aromatic heterocycles. The Labute approximate surface area is 284 Å². The van der Waals surface area contributed by atoms with E-state index in [4.69, 9.17) is 9.47 Å². The summed E-state index contributed by atoms with van der Waals surface area (Å²) in [6.07, 6.45) is 11.7. The van der Waals surface area contributed by atoms with E-state index in [1.807, 2.05) is 24.3 Å². The van der Waals surface area contributed by atoms with Crippen molar-refractivity contribution >= 4 is 23.4 Å². The maximum Gasteiger partial charge on any atom is 0.246 e. The third-order valence-electron chi connectivity index (χ3n) is 11.6. The zero-order valence-electron chi connectivity index (χ0n) is 28.3. The molecule has 7 atom stereocenters. The van der Waals surface area contributed by atoms with E-state index in [-0.39, 0.29) is 23.8 Å². The first kappa shape index (κ1) is 32.8. The van der Waals surface area contributed by atoms with Crippen molar-refractivity contribution in [3.8, 4) is 5.75 Å². The Balaban J connectivity index is 1.05. The Morgan fingerprint density at radius 2 is 1.77 bits per heavy atom. The summed E-state index contributed by atoms with van der Waals surface area (Å²) in [5, 5.41) is 6.34. The van der Waals surface area contributed by atoms with E-state index in [9.17, 15) is 14.4 Å². The second-order valence-corrected chi connectivity index (χ2v) is 14.7. The third kappa shape index (κ3) is 6.39. The maximum atomic E-state index is 14.4. The molecule has 2 aromatic carbocycles. The first-order valence-corrected chi connectivity index (χ1v) is 18.1. The van der Waals surface area contributed by atoms with Crippen LogP contribution in [0.25, 0.3) is 0 Å². The van der Waals surface area contributed by atoms with Crippen LogP contribution in [0.2, 0.25) is 0 Å². The molecule has 3 amide bonds. The minimum atomic E-state index is -1.16. The molecule has 5 aliphatic rings. The number of carbonyl (C=O) groups excluding carboxylic acids is 3. The number of benzene rings is 2. The summed E-state index contributed by atoms with van der Waals surface area (Å²) >= 11 is 0. The van der Waals surface area contributed by atoms with E-state index in [0.29, 0.717) is 29.8 Å². The predicted octanol–water partition coefficient (Wildman–Crippen LogP) is 4.82. The van der Waals surface area contributed by atoms with E-state index in [1.54, 1.807) is 24.1 Å². The first-order chi connectivity index (χ1) is 23.4. The van der Waals surface area contributed by atoms with E-state index in [0.717, 1.165) is 64.6 Å². The molecule has 4 aliphatic heterocycles. The molecule has 2 aromatic rings. The van der Waals surface area contributed by atoms with E-state index >= 15 is 0 Å². The van der Waals surface area contributed by atoms with Crippen LogP contribution in [0, 0.1) is 23.7 Å². The monoisotopic (exact) mass is 654 g/mol. The lowest BCUT2D eigenvalue weighted by Crippen LogP contribution is -2.57. The van der Waals surface area contributed by atoms with Crippen molar-refractivity contribution in [3.05, 3.63) is 72.3 Å². The molecule has 0 radical (unpaired) electrons. The number of fused-ring (bicyclic) bond motifs is 1. The number of hydrogen-bond donors (Lipinski definition) is 2. The van der Waals surface area contributed by atoms with Crippen LogP contribution in [-0.2, 0) is 25.5 Å². The molecule has 3 saturated heterocycles. The van der Waals surface area contributed by atoms with Gasteiger partial charge in [-0.1, -0.05) is 68.3 Å².